The molecular weight excluding hydrogens is 497 g/mol. The molecule has 1 amide bonds. The van der Waals surface area contributed by atoms with Crippen molar-refractivity contribution in [2.45, 2.75) is 24.7 Å². The molecule has 0 spiro atoms. The quantitative estimate of drug-likeness (QED) is 0.314. The van der Waals surface area contributed by atoms with E-state index < -0.39 is 0 Å². The molecule has 2 aromatic carbocycles. The number of carbonyl (C=O) groups excluding carboxylic acids is 1. The maximum atomic E-state index is 13.3. The minimum Gasteiger partial charge on any atom is -0.379 e. The Bertz CT molecular complexity index is 1090. The van der Waals surface area contributed by atoms with E-state index in [1.807, 2.05) is 48.2 Å². The lowest BCUT2D eigenvalue weighted by atomic mass is 10.2. The van der Waals surface area contributed by atoms with Crippen LogP contribution in [0.25, 0.3) is 10.2 Å². The fraction of sp³-hybridized carbons (Fsp3) is 0.417. The van der Waals surface area contributed by atoms with Crippen LogP contribution in [-0.2, 0) is 9.53 Å². The highest BCUT2D eigenvalue weighted by molar-refractivity contribution is 7.99. The Labute approximate surface area is 213 Å². The number of anilines is 1. The Morgan fingerprint density at radius 2 is 1.94 bits per heavy atom. The van der Waals surface area contributed by atoms with Gasteiger partial charge >= 0.3 is 0 Å². The van der Waals surface area contributed by atoms with Crippen LogP contribution in [0.4, 0.5) is 5.13 Å². The van der Waals surface area contributed by atoms with Gasteiger partial charge in [-0.25, -0.2) is 4.98 Å². The molecule has 1 aliphatic rings. The number of halogens is 2. The zero-order valence-corrected chi connectivity index (χ0v) is 21.7. The van der Waals surface area contributed by atoms with E-state index in [2.05, 4.69) is 4.90 Å². The Morgan fingerprint density at radius 3 is 2.70 bits per heavy atom. The summed E-state index contributed by atoms with van der Waals surface area (Å²) in [5.41, 5.74) is 1.83. The summed E-state index contributed by atoms with van der Waals surface area (Å²) in [5, 5.41) is 2.16. The van der Waals surface area contributed by atoms with Gasteiger partial charge < -0.3 is 4.74 Å². The van der Waals surface area contributed by atoms with Gasteiger partial charge in [0.05, 0.1) is 23.4 Å². The van der Waals surface area contributed by atoms with Crippen molar-refractivity contribution in [1.29, 1.82) is 0 Å². The molecule has 0 radical (unpaired) electrons. The van der Waals surface area contributed by atoms with E-state index >= 15 is 0 Å². The summed E-state index contributed by atoms with van der Waals surface area (Å²) in [7, 11) is 0. The largest absolute Gasteiger partial charge is 0.379 e. The van der Waals surface area contributed by atoms with E-state index in [4.69, 9.17) is 32.9 Å². The van der Waals surface area contributed by atoms with Crippen molar-refractivity contribution in [2.24, 2.45) is 0 Å². The van der Waals surface area contributed by atoms with Crippen molar-refractivity contribution in [2.75, 3.05) is 50.0 Å². The normalized spacial score (nSPS) is 14.6. The van der Waals surface area contributed by atoms with Gasteiger partial charge in [-0.15, -0.1) is 11.8 Å². The molecular formula is C24H27Cl2N3O2S2. The molecule has 3 aromatic rings. The van der Waals surface area contributed by atoms with Crippen molar-refractivity contribution < 1.29 is 9.53 Å². The van der Waals surface area contributed by atoms with Gasteiger partial charge in [-0.3, -0.25) is 14.6 Å². The van der Waals surface area contributed by atoms with E-state index in [0.29, 0.717) is 28.8 Å². The van der Waals surface area contributed by atoms with Crippen LogP contribution < -0.4 is 4.90 Å². The Kier molecular flexibility index (Phi) is 8.91. The summed E-state index contributed by atoms with van der Waals surface area (Å²) in [5.74, 6) is 0.803. The highest BCUT2D eigenvalue weighted by atomic mass is 35.5. The molecule has 33 heavy (non-hydrogen) atoms. The third kappa shape index (κ3) is 6.62. The zero-order chi connectivity index (χ0) is 23.2. The van der Waals surface area contributed by atoms with Gasteiger partial charge in [0.1, 0.15) is 0 Å². The number of rotatable bonds is 9. The number of thioether (sulfide) groups is 1. The van der Waals surface area contributed by atoms with Crippen LogP contribution in [0.5, 0.6) is 0 Å². The monoisotopic (exact) mass is 523 g/mol. The molecule has 2 heterocycles. The summed E-state index contributed by atoms with van der Waals surface area (Å²) in [4.78, 5) is 23.5. The van der Waals surface area contributed by atoms with Crippen molar-refractivity contribution in [1.82, 2.24) is 9.88 Å². The predicted molar refractivity (Wildman–Crippen MR) is 140 cm³/mol. The number of benzene rings is 2. The molecule has 0 saturated carbocycles. The summed E-state index contributed by atoms with van der Waals surface area (Å²) < 4.78 is 6.49. The number of fused-ring (bicyclic) bond motifs is 1. The maximum Gasteiger partial charge on any atom is 0.229 e. The van der Waals surface area contributed by atoms with E-state index in [-0.39, 0.29) is 5.91 Å². The molecule has 9 heteroatoms. The molecule has 1 aromatic heterocycles. The summed E-state index contributed by atoms with van der Waals surface area (Å²) in [6, 6.07) is 11.6. The molecule has 176 valence electrons. The van der Waals surface area contributed by atoms with Gasteiger partial charge in [0.15, 0.2) is 5.13 Å². The number of hydrogen-bond donors (Lipinski definition) is 0. The van der Waals surface area contributed by atoms with Crippen LogP contribution in [0.15, 0.2) is 41.3 Å². The number of amides is 1. The van der Waals surface area contributed by atoms with Gasteiger partial charge in [0.25, 0.3) is 0 Å². The van der Waals surface area contributed by atoms with Crippen LogP contribution in [0, 0.1) is 6.92 Å². The standard InChI is InChI=1S/C24H27Cl2N3O2S2/c1-17-20(26)7-8-21-23(17)27-24(33-21)29(11-2-10-28-12-14-31-15-13-28)22(30)9-16-32-19-5-3-18(25)4-6-19/h3-8H,2,9-16H2,1H3. The first kappa shape index (κ1) is 24.8. The number of aryl methyl sites for hydroxylation is 1. The van der Waals surface area contributed by atoms with Crippen LogP contribution in [-0.4, -0.2) is 60.9 Å². The number of aromatic nitrogens is 1. The molecule has 0 atom stereocenters. The average molecular weight is 525 g/mol. The first-order valence-corrected chi connectivity index (χ1v) is 13.6. The minimum absolute atomic E-state index is 0.0984. The molecule has 4 rings (SSSR count). The number of morpholine rings is 1. The molecule has 5 nitrogen and oxygen atoms in total. The van der Waals surface area contributed by atoms with Crippen molar-refractivity contribution in [3.63, 3.8) is 0 Å². The van der Waals surface area contributed by atoms with Gasteiger partial charge in [-0.1, -0.05) is 34.5 Å². The van der Waals surface area contributed by atoms with E-state index in [1.165, 1.54) is 0 Å². The second-order valence-corrected chi connectivity index (χ2v) is 10.9. The Morgan fingerprint density at radius 1 is 1.18 bits per heavy atom. The van der Waals surface area contributed by atoms with Crippen LogP contribution >= 0.6 is 46.3 Å². The summed E-state index contributed by atoms with van der Waals surface area (Å²) in [6.07, 6.45) is 1.34. The van der Waals surface area contributed by atoms with E-state index in [0.717, 1.165) is 65.1 Å². The number of nitrogens with zero attached hydrogens (tertiary/aromatic N) is 3. The van der Waals surface area contributed by atoms with Crippen LogP contribution in [0.1, 0.15) is 18.4 Å². The lowest BCUT2D eigenvalue weighted by Crippen LogP contribution is -2.39. The topological polar surface area (TPSA) is 45.7 Å². The third-order valence-electron chi connectivity index (χ3n) is 5.63. The lowest BCUT2D eigenvalue weighted by molar-refractivity contribution is -0.118. The molecule has 0 unspecified atom stereocenters. The second-order valence-electron chi connectivity index (χ2n) is 7.92. The van der Waals surface area contributed by atoms with Crippen LogP contribution in [0.3, 0.4) is 0 Å². The summed E-state index contributed by atoms with van der Waals surface area (Å²) >= 11 is 15.5. The fourth-order valence-electron chi connectivity index (χ4n) is 3.73. The van der Waals surface area contributed by atoms with E-state index in [1.54, 1.807) is 23.1 Å². The van der Waals surface area contributed by atoms with Gasteiger partial charge in [0, 0.05) is 53.3 Å². The van der Waals surface area contributed by atoms with E-state index in [9.17, 15) is 4.79 Å². The molecule has 1 saturated heterocycles. The molecule has 1 aliphatic heterocycles. The minimum atomic E-state index is 0.0984. The Hall–Kier alpha value is -1.35. The van der Waals surface area contributed by atoms with Crippen molar-refractivity contribution >= 4 is 67.6 Å². The number of carbonyl (C=O) groups is 1. The highest BCUT2D eigenvalue weighted by Crippen LogP contribution is 2.34. The summed E-state index contributed by atoms with van der Waals surface area (Å²) in [6.45, 7) is 7.03. The first-order valence-electron chi connectivity index (χ1n) is 11.1. The molecule has 0 aliphatic carbocycles. The zero-order valence-electron chi connectivity index (χ0n) is 18.6. The van der Waals surface area contributed by atoms with Crippen molar-refractivity contribution in [3.8, 4) is 0 Å². The predicted octanol–water partition coefficient (Wildman–Crippen LogP) is 6.15. The molecule has 1 fully saturated rings. The maximum absolute atomic E-state index is 13.3. The van der Waals surface area contributed by atoms with Crippen LogP contribution in [0.2, 0.25) is 10.0 Å². The SMILES string of the molecule is Cc1c(Cl)ccc2sc(N(CCCN3CCOCC3)C(=O)CCSc3ccc(Cl)cc3)nc12. The fourth-order valence-corrected chi connectivity index (χ4v) is 5.92. The molecule has 0 bridgehead atoms. The van der Waals surface area contributed by atoms with Gasteiger partial charge in [-0.05, 0) is 55.3 Å². The number of ether oxygens (including phenoxy) is 1. The highest BCUT2D eigenvalue weighted by Gasteiger charge is 2.21. The molecule has 0 N–H and O–H groups in total. The smallest absolute Gasteiger partial charge is 0.229 e. The third-order valence-corrected chi connectivity index (χ3v) is 8.35. The van der Waals surface area contributed by atoms with Gasteiger partial charge in [-0.2, -0.15) is 0 Å². The second kappa shape index (κ2) is 11.9. The lowest BCUT2D eigenvalue weighted by Gasteiger charge is -2.27. The number of hydrogen-bond acceptors (Lipinski definition) is 6. The number of thiazole rings is 1. The Balaban J connectivity index is 1.44. The van der Waals surface area contributed by atoms with Gasteiger partial charge in [0.2, 0.25) is 5.91 Å². The van der Waals surface area contributed by atoms with Crippen molar-refractivity contribution in [3.05, 3.63) is 52.0 Å². The first-order chi connectivity index (χ1) is 16.0. The average Bonchev–Trinajstić information content (AvgIpc) is 3.26.